The SMILES string of the molecule is CCOC=CC[SiH](C)C. The van der Waals surface area contributed by atoms with Gasteiger partial charge in [0.25, 0.3) is 0 Å². The lowest BCUT2D eigenvalue weighted by Gasteiger charge is -1.95. The standard InChI is InChI=1S/C7H16OSi/c1-4-8-6-5-7-9(2)3/h5-6,9H,4,7H2,1-3H3. The minimum atomic E-state index is -0.380. The summed E-state index contributed by atoms with van der Waals surface area (Å²) in [6.45, 7) is 7.44. The van der Waals surface area contributed by atoms with Gasteiger partial charge in [0, 0.05) is 8.80 Å². The molecule has 54 valence electrons. The van der Waals surface area contributed by atoms with Gasteiger partial charge in [-0.15, -0.1) is 0 Å². The molecule has 0 saturated carbocycles. The number of ether oxygens (including phenoxy) is 1. The van der Waals surface area contributed by atoms with Crippen LogP contribution in [-0.4, -0.2) is 15.4 Å². The Hall–Kier alpha value is -0.243. The molecular weight excluding hydrogens is 128 g/mol. The molecule has 1 nitrogen and oxygen atoms in total. The lowest BCUT2D eigenvalue weighted by atomic mass is 10.7. The first kappa shape index (κ1) is 8.76. The van der Waals surface area contributed by atoms with Crippen molar-refractivity contribution < 1.29 is 4.74 Å². The van der Waals surface area contributed by atoms with Crippen molar-refractivity contribution in [3.05, 3.63) is 12.3 Å². The minimum Gasteiger partial charge on any atom is -0.502 e. The van der Waals surface area contributed by atoms with Gasteiger partial charge in [0.1, 0.15) is 0 Å². The summed E-state index contributed by atoms with van der Waals surface area (Å²) in [5.74, 6) is 0. The molecule has 0 rings (SSSR count). The molecule has 0 radical (unpaired) electrons. The fourth-order valence-electron chi connectivity index (χ4n) is 0.492. The molecule has 0 aromatic carbocycles. The first-order valence-electron chi connectivity index (χ1n) is 3.54. The first-order valence-corrected chi connectivity index (χ1v) is 6.66. The maximum Gasteiger partial charge on any atom is 0.0845 e. The van der Waals surface area contributed by atoms with Crippen LogP contribution in [0.3, 0.4) is 0 Å². The first-order chi connectivity index (χ1) is 4.27. The third-order valence-electron chi connectivity index (χ3n) is 0.967. The summed E-state index contributed by atoms with van der Waals surface area (Å²) < 4.78 is 5.03. The maximum absolute atomic E-state index is 5.03. The van der Waals surface area contributed by atoms with Crippen LogP contribution in [0.1, 0.15) is 6.92 Å². The fraction of sp³-hybridized carbons (Fsp3) is 0.714. The monoisotopic (exact) mass is 144 g/mol. The summed E-state index contributed by atoms with van der Waals surface area (Å²) in [7, 11) is -0.380. The lowest BCUT2D eigenvalue weighted by molar-refractivity contribution is 0.269. The normalized spacial score (nSPS) is 11.1. The van der Waals surface area contributed by atoms with Crippen LogP contribution in [0.25, 0.3) is 0 Å². The molecule has 0 unspecified atom stereocenters. The van der Waals surface area contributed by atoms with Crippen LogP contribution < -0.4 is 0 Å². The molecule has 2 heteroatoms. The molecule has 0 atom stereocenters. The van der Waals surface area contributed by atoms with Gasteiger partial charge in [-0.1, -0.05) is 19.2 Å². The van der Waals surface area contributed by atoms with Gasteiger partial charge in [0.15, 0.2) is 0 Å². The highest BCUT2D eigenvalue weighted by atomic mass is 28.3. The van der Waals surface area contributed by atoms with Crippen molar-refractivity contribution in [3.8, 4) is 0 Å². The molecule has 0 aromatic rings. The van der Waals surface area contributed by atoms with Crippen LogP contribution in [0.4, 0.5) is 0 Å². The highest BCUT2D eigenvalue weighted by Gasteiger charge is 1.87. The Balaban J connectivity index is 3.04. The van der Waals surface area contributed by atoms with Gasteiger partial charge in [-0.3, -0.25) is 0 Å². The van der Waals surface area contributed by atoms with Crippen molar-refractivity contribution >= 4 is 8.80 Å². The van der Waals surface area contributed by atoms with Crippen LogP contribution in [0.5, 0.6) is 0 Å². The Morgan fingerprint density at radius 2 is 2.11 bits per heavy atom. The summed E-state index contributed by atoms with van der Waals surface area (Å²) >= 11 is 0. The van der Waals surface area contributed by atoms with Gasteiger partial charge in [-0.2, -0.15) is 0 Å². The van der Waals surface area contributed by atoms with E-state index in [-0.39, 0.29) is 8.80 Å². The van der Waals surface area contributed by atoms with Gasteiger partial charge >= 0.3 is 0 Å². The Morgan fingerprint density at radius 1 is 1.44 bits per heavy atom. The molecule has 9 heavy (non-hydrogen) atoms. The van der Waals surface area contributed by atoms with Crippen molar-refractivity contribution in [2.24, 2.45) is 0 Å². The van der Waals surface area contributed by atoms with Crippen molar-refractivity contribution in [1.82, 2.24) is 0 Å². The van der Waals surface area contributed by atoms with Crippen LogP contribution in [0.15, 0.2) is 12.3 Å². The van der Waals surface area contributed by atoms with Gasteiger partial charge in [-0.05, 0) is 13.0 Å². The second-order valence-corrected chi connectivity index (χ2v) is 5.72. The summed E-state index contributed by atoms with van der Waals surface area (Å²) in [5, 5.41) is 0. The molecule has 0 heterocycles. The second kappa shape index (κ2) is 5.89. The molecule has 0 amide bonds. The average molecular weight is 144 g/mol. The molecule has 0 bridgehead atoms. The quantitative estimate of drug-likeness (QED) is 0.433. The Labute approximate surface area is 59.3 Å². The third kappa shape index (κ3) is 7.76. The number of rotatable bonds is 4. The molecule has 0 aliphatic rings. The van der Waals surface area contributed by atoms with E-state index in [1.165, 1.54) is 6.04 Å². The number of hydrogen-bond acceptors (Lipinski definition) is 1. The van der Waals surface area contributed by atoms with Crippen LogP contribution in [0, 0.1) is 0 Å². The van der Waals surface area contributed by atoms with E-state index in [0.717, 1.165) is 6.61 Å². The third-order valence-corrected chi connectivity index (χ3v) is 2.18. The van der Waals surface area contributed by atoms with Crippen molar-refractivity contribution in [2.45, 2.75) is 26.1 Å². The largest absolute Gasteiger partial charge is 0.502 e. The number of allylic oxidation sites excluding steroid dienone is 1. The van der Waals surface area contributed by atoms with E-state index in [1.54, 1.807) is 0 Å². The van der Waals surface area contributed by atoms with Gasteiger partial charge < -0.3 is 4.74 Å². The predicted octanol–water partition coefficient (Wildman–Crippen LogP) is 2.02. The van der Waals surface area contributed by atoms with Gasteiger partial charge in [0.05, 0.1) is 12.9 Å². The van der Waals surface area contributed by atoms with Gasteiger partial charge in [0.2, 0.25) is 0 Å². The van der Waals surface area contributed by atoms with E-state index in [2.05, 4.69) is 19.2 Å². The summed E-state index contributed by atoms with van der Waals surface area (Å²) in [4.78, 5) is 0. The Kier molecular flexibility index (Phi) is 5.73. The zero-order valence-electron chi connectivity index (χ0n) is 6.55. The van der Waals surface area contributed by atoms with E-state index in [4.69, 9.17) is 4.74 Å². The molecule has 0 saturated heterocycles. The number of hydrogen-bond donors (Lipinski definition) is 0. The molecule has 0 fully saturated rings. The van der Waals surface area contributed by atoms with Crippen LogP contribution >= 0.6 is 0 Å². The summed E-state index contributed by atoms with van der Waals surface area (Å²) in [6.07, 6.45) is 3.94. The highest BCUT2D eigenvalue weighted by Crippen LogP contribution is 1.91. The zero-order valence-corrected chi connectivity index (χ0v) is 7.71. The lowest BCUT2D eigenvalue weighted by Crippen LogP contribution is -1.94. The average Bonchev–Trinajstić information content (AvgIpc) is 1.80. The fourth-order valence-corrected chi connectivity index (χ4v) is 1.15. The molecule has 0 aromatic heterocycles. The van der Waals surface area contributed by atoms with E-state index in [0.29, 0.717) is 0 Å². The highest BCUT2D eigenvalue weighted by molar-refractivity contribution is 6.56. The Bertz CT molecular complexity index is 79.0. The van der Waals surface area contributed by atoms with Crippen molar-refractivity contribution in [3.63, 3.8) is 0 Å². The predicted molar refractivity (Wildman–Crippen MR) is 44.5 cm³/mol. The summed E-state index contributed by atoms with van der Waals surface area (Å²) in [5.41, 5.74) is 0. The topological polar surface area (TPSA) is 9.23 Å². The second-order valence-electron chi connectivity index (χ2n) is 2.46. The molecular formula is C7H16OSi. The Morgan fingerprint density at radius 3 is 2.56 bits per heavy atom. The molecule has 0 spiro atoms. The van der Waals surface area contributed by atoms with Crippen molar-refractivity contribution in [1.29, 1.82) is 0 Å². The van der Waals surface area contributed by atoms with Gasteiger partial charge in [-0.25, -0.2) is 0 Å². The molecule has 0 aliphatic heterocycles. The van der Waals surface area contributed by atoms with E-state index >= 15 is 0 Å². The zero-order chi connectivity index (χ0) is 7.11. The van der Waals surface area contributed by atoms with E-state index < -0.39 is 0 Å². The van der Waals surface area contributed by atoms with Crippen molar-refractivity contribution in [2.75, 3.05) is 6.61 Å². The molecule has 0 N–H and O–H groups in total. The van der Waals surface area contributed by atoms with E-state index in [1.807, 2.05) is 13.2 Å². The van der Waals surface area contributed by atoms with Crippen LogP contribution in [0.2, 0.25) is 19.1 Å². The van der Waals surface area contributed by atoms with E-state index in [9.17, 15) is 0 Å². The summed E-state index contributed by atoms with van der Waals surface area (Å²) in [6, 6.07) is 1.25. The smallest absolute Gasteiger partial charge is 0.0845 e. The van der Waals surface area contributed by atoms with Crippen LogP contribution in [-0.2, 0) is 4.74 Å². The maximum atomic E-state index is 5.03. The molecule has 0 aliphatic carbocycles. The minimum absolute atomic E-state index is 0.380.